The van der Waals surface area contributed by atoms with Gasteiger partial charge in [0.15, 0.2) is 5.96 Å². The molecule has 0 radical (unpaired) electrons. The fraction of sp³-hybridized carbons (Fsp3) is 0.346. The molecule has 0 saturated carbocycles. The van der Waals surface area contributed by atoms with Crippen molar-refractivity contribution in [1.82, 2.24) is 4.90 Å². The lowest BCUT2D eigenvalue weighted by molar-refractivity contribution is -0.193. The van der Waals surface area contributed by atoms with Crippen molar-refractivity contribution in [2.24, 2.45) is 11.5 Å². The number of nitrogens with one attached hydrogen (secondary N) is 2. The zero-order chi connectivity index (χ0) is 34.4. The SMILES string of the molecule is N=C(N)c1cccc(OCCOC(=O)c2ccc(OC3CCN(C(=N)N)CC3)cc2)c1.O=C(O)C(F)(F)F.O=C(O)C(F)(F)F. The van der Waals surface area contributed by atoms with E-state index in [4.69, 9.17) is 56.3 Å². The van der Waals surface area contributed by atoms with E-state index in [9.17, 15) is 31.1 Å². The zero-order valence-electron chi connectivity index (χ0n) is 23.2. The first-order chi connectivity index (χ1) is 20.8. The lowest BCUT2D eigenvalue weighted by atomic mass is 10.1. The van der Waals surface area contributed by atoms with Crippen molar-refractivity contribution in [3.8, 4) is 11.5 Å². The number of hydrogen-bond acceptors (Lipinski definition) is 8. The standard InChI is InChI=1S/C22H27N5O4.2C2HF3O2/c23-20(24)16-2-1-3-19(14-16)29-12-13-30-21(28)15-4-6-17(7-5-15)31-18-8-10-27(11-9-18)22(25)26;2*3-2(4,5)1(6)7/h1-7,14,18H,8-13H2,(H3,23,24)(H3,25,26);2*(H,6,7). The van der Waals surface area contributed by atoms with Gasteiger partial charge in [0.25, 0.3) is 0 Å². The minimum atomic E-state index is -5.08. The van der Waals surface area contributed by atoms with Gasteiger partial charge in [-0.25, -0.2) is 14.4 Å². The van der Waals surface area contributed by atoms with Gasteiger partial charge in [-0.15, -0.1) is 0 Å². The molecule has 2 aromatic rings. The Hall–Kier alpha value is -5.23. The molecule has 0 spiro atoms. The van der Waals surface area contributed by atoms with Crippen LogP contribution >= 0.6 is 0 Å². The van der Waals surface area contributed by atoms with Gasteiger partial charge in [-0.2, -0.15) is 26.3 Å². The van der Waals surface area contributed by atoms with Gasteiger partial charge in [-0.05, 0) is 36.4 Å². The fourth-order valence-corrected chi connectivity index (χ4v) is 3.21. The number of esters is 1. The topological polar surface area (TPSA) is 222 Å². The minimum Gasteiger partial charge on any atom is -0.490 e. The van der Waals surface area contributed by atoms with Crippen LogP contribution in [0.4, 0.5) is 26.3 Å². The number of carboxylic acids is 2. The maximum atomic E-state index is 12.2. The molecule has 1 aliphatic rings. The number of ether oxygens (including phenoxy) is 3. The quantitative estimate of drug-likeness (QED) is 0.0798. The van der Waals surface area contributed by atoms with Crippen LogP contribution in [0.2, 0.25) is 0 Å². The largest absolute Gasteiger partial charge is 0.490 e. The first-order valence-electron chi connectivity index (χ1n) is 12.5. The number of piperidine rings is 1. The predicted molar refractivity (Wildman–Crippen MR) is 144 cm³/mol. The van der Waals surface area contributed by atoms with Crippen molar-refractivity contribution < 1.29 is 65.1 Å². The summed E-state index contributed by atoms with van der Waals surface area (Å²) < 4.78 is 80.2. The lowest BCUT2D eigenvalue weighted by Crippen LogP contribution is -2.44. The molecule has 13 nitrogen and oxygen atoms in total. The van der Waals surface area contributed by atoms with Crippen LogP contribution in [0.1, 0.15) is 28.8 Å². The summed E-state index contributed by atoms with van der Waals surface area (Å²) in [5.74, 6) is -4.66. The number of guanidine groups is 1. The highest BCUT2D eigenvalue weighted by atomic mass is 19.4. The van der Waals surface area contributed by atoms with E-state index >= 15 is 0 Å². The number of nitrogens with two attached hydrogens (primary N) is 2. The highest BCUT2D eigenvalue weighted by molar-refractivity contribution is 5.95. The number of hydrogen-bond donors (Lipinski definition) is 6. The number of benzene rings is 2. The Labute approximate surface area is 251 Å². The molecule has 19 heteroatoms. The van der Waals surface area contributed by atoms with Gasteiger partial charge < -0.3 is 40.8 Å². The summed E-state index contributed by atoms with van der Waals surface area (Å²) in [6.07, 6.45) is -8.52. The van der Waals surface area contributed by atoms with Gasteiger partial charge in [0.2, 0.25) is 0 Å². The Morgan fingerprint density at radius 2 is 1.33 bits per heavy atom. The Balaban J connectivity index is 0.000000601. The number of nitrogens with zero attached hydrogens (tertiary/aromatic N) is 1. The summed E-state index contributed by atoms with van der Waals surface area (Å²) in [5, 5.41) is 29.2. The molecule has 0 aromatic heterocycles. The number of nitrogen functional groups attached to an aromatic ring is 1. The van der Waals surface area contributed by atoms with Crippen LogP contribution in [0.5, 0.6) is 11.5 Å². The number of carboxylic acid groups (broad SMARTS) is 2. The van der Waals surface area contributed by atoms with Crippen LogP contribution < -0.4 is 20.9 Å². The normalized spacial score (nSPS) is 13.2. The van der Waals surface area contributed by atoms with Crippen molar-refractivity contribution in [2.45, 2.75) is 31.3 Å². The fourth-order valence-electron chi connectivity index (χ4n) is 3.21. The number of amidine groups is 1. The molecule has 0 amide bonds. The monoisotopic (exact) mass is 653 g/mol. The first kappa shape index (κ1) is 37.8. The Morgan fingerprint density at radius 3 is 1.78 bits per heavy atom. The number of rotatable bonds is 8. The van der Waals surface area contributed by atoms with Crippen LogP contribution in [0.3, 0.4) is 0 Å². The average molecular weight is 654 g/mol. The van der Waals surface area contributed by atoms with E-state index in [-0.39, 0.29) is 31.1 Å². The van der Waals surface area contributed by atoms with E-state index < -0.39 is 30.3 Å². The highest BCUT2D eigenvalue weighted by Gasteiger charge is 2.38. The second-order valence-electron chi connectivity index (χ2n) is 8.75. The summed E-state index contributed by atoms with van der Waals surface area (Å²) >= 11 is 0. The Bertz CT molecular complexity index is 1290. The molecule has 1 saturated heterocycles. The van der Waals surface area contributed by atoms with E-state index in [1.165, 1.54) is 0 Å². The minimum absolute atomic E-state index is 0.0363. The number of alkyl halides is 6. The predicted octanol–water partition coefficient (Wildman–Crippen LogP) is 3.21. The molecule has 45 heavy (non-hydrogen) atoms. The van der Waals surface area contributed by atoms with Crippen LogP contribution in [-0.2, 0) is 14.3 Å². The second-order valence-corrected chi connectivity index (χ2v) is 8.75. The first-order valence-corrected chi connectivity index (χ1v) is 12.5. The van der Waals surface area contributed by atoms with E-state index in [1.54, 1.807) is 48.5 Å². The number of likely N-dealkylation sites (tertiary alicyclic amines) is 1. The van der Waals surface area contributed by atoms with Crippen molar-refractivity contribution >= 4 is 29.7 Å². The van der Waals surface area contributed by atoms with Crippen molar-refractivity contribution in [3.05, 3.63) is 59.7 Å². The highest BCUT2D eigenvalue weighted by Crippen LogP contribution is 2.20. The second kappa shape index (κ2) is 17.2. The van der Waals surface area contributed by atoms with Crippen LogP contribution in [0.25, 0.3) is 0 Å². The molecule has 8 N–H and O–H groups in total. The molecular formula is C26H29F6N5O8. The summed E-state index contributed by atoms with van der Waals surface area (Å²) in [6.45, 7) is 1.68. The maximum absolute atomic E-state index is 12.2. The van der Waals surface area contributed by atoms with E-state index in [1.807, 2.05) is 4.90 Å². The number of aliphatic carboxylic acids is 2. The van der Waals surface area contributed by atoms with Gasteiger partial charge in [-0.3, -0.25) is 10.8 Å². The molecule has 248 valence electrons. The molecule has 1 fully saturated rings. The van der Waals surface area contributed by atoms with Crippen LogP contribution in [0, 0.1) is 10.8 Å². The molecule has 0 atom stereocenters. The van der Waals surface area contributed by atoms with E-state index in [0.717, 1.165) is 12.8 Å². The van der Waals surface area contributed by atoms with Gasteiger partial charge in [0.1, 0.15) is 36.7 Å². The average Bonchev–Trinajstić information content (AvgIpc) is 2.95. The number of carbonyl (C=O) groups is 3. The summed E-state index contributed by atoms with van der Waals surface area (Å²) in [6, 6.07) is 13.7. The summed E-state index contributed by atoms with van der Waals surface area (Å²) in [5.41, 5.74) is 12.0. The number of carbonyl (C=O) groups excluding carboxylic acids is 1. The Kier molecular flexibility index (Phi) is 14.4. The molecule has 3 rings (SSSR count). The van der Waals surface area contributed by atoms with Crippen LogP contribution in [-0.4, -0.2) is 89.6 Å². The van der Waals surface area contributed by atoms with E-state index in [0.29, 0.717) is 35.7 Å². The zero-order valence-corrected chi connectivity index (χ0v) is 23.2. The molecule has 0 unspecified atom stereocenters. The third-order valence-electron chi connectivity index (χ3n) is 5.39. The van der Waals surface area contributed by atoms with Crippen molar-refractivity contribution in [3.63, 3.8) is 0 Å². The van der Waals surface area contributed by atoms with Gasteiger partial charge in [0, 0.05) is 31.5 Å². The maximum Gasteiger partial charge on any atom is 0.490 e. The summed E-state index contributed by atoms with van der Waals surface area (Å²) in [4.78, 5) is 31.8. The van der Waals surface area contributed by atoms with Crippen molar-refractivity contribution in [2.75, 3.05) is 26.3 Å². The molecule has 1 heterocycles. The van der Waals surface area contributed by atoms with Crippen molar-refractivity contribution in [1.29, 1.82) is 10.8 Å². The van der Waals surface area contributed by atoms with Gasteiger partial charge in [0.05, 0.1) is 5.56 Å². The third kappa shape index (κ3) is 14.7. The Morgan fingerprint density at radius 1 is 0.822 bits per heavy atom. The van der Waals surface area contributed by atoms with Gasteiger partial charge >= 0.3 is 30.3 Å². The smallest absolute Gasteiger partial charge is 0.490 e. The summed E-state index contributed by atoms with van der Waals surface area (Å²) in [7, 11) is 0. The lowest BCUT2D eigenvalue weighted by Gasteiger charge is -2.32. The third-order valence-corrected chi connectivity index (χ3v) is 5.39. The van der Waals surface area contributed by atoms with Crippen LogP contribution in [0.15, 0.2) is 48.5 Å². The molecule has 0 bridgehead atoms. The molecule has 1 aliphatic heterocycles. The molecule has 2 aromatic carbocycles. The molecular weight excluding hydrogens is 624 g/mol. The molecule has 0 aliphatic carbocycles. The van der Waals surface area contributed by atoms with Gasteiger partial charge in [-0.1, -0.05) is 12.1 Å². The number of halogens is 6. The van der Waals surface area contributed by atoms with E-state index in [2.05, 4.69) is 0 Å².